The summed E-state index contributed by atoms with van der Waals surface area (Å²) >= 11 is 6.13. The third-order valence-corrected chi connectivity index (χ3v) is 6.04. The van der Waals surface area contributed by atoms with E-state index in [1.807, 2.05) is 42.5 Å². The number of halogens is 1. The van der Waals surface area contributed by atoms with Crippen LogP contribution < -0.4 is 10.1 Å². The number of carbonyl (C=O) groups excluding carboxylic acids is 2. The van der Waals surface area contributed by atoms with Crippen molar-refractivity contribution in [3.05, 3.63) is 59.1 Å². The molecule has 1 saturated heterocycles. The van der Waals surface area contributed by atoms with Gasteiger partial charge >= 0.3 is 0 Å². The van der Waals surface area contributed by atoms with E-state index in [4.69, 9.17) is 16.3 Å². The van der Waals surface area contributed by atoms with Crippen LogP contribution in [-0.4, -0.2) is 54.9 Å². The first-order valence-corrected chi connectivity index (χ1v) is 11.1. The lowest BCUT2D eigenvalue weighted by molar-refractivity contribution is -0.127. The van der Waals surface area contributed by atoms with Crippen LogP contribution in [0.5, 0.6) is 5.75 Å². The van der Waals surface area contributed by atoms with Crippen LogP contribution in [0.25, 0.3) is 0 Å². The average Bonchev–Trinajstić information content (AvgIpc) is 3.07. The van der Waals surface area contributed by atoms with Crippen molar-refractivity contribution >= 4 is 29.1 Å². The lowest BCUT2D eigenvalue weighted by atomic mass is 9.93. The molecule has 166 valence electrons. The Bertz CT molecular complexity index is 899. The van der Waals surface area contributed by atoms with Crippen molar-refractivity contribution < 1.29 is 14.3 Å². The molecule has 6 nitrogen and oxygen atoms in total. The zero-order valence-corrected chi connectivity index (χ0v) is 19.1. The van der Waals surface area contributed by atoms with Crippen molar-refractivity contribution in [3.8, 4) is 5.75 Å². The number of rotatable bonds is 9. The van der Waals surface area contributed by atoms with Crippen LogP contribution in [0.3, 0.4) is 0 Å². The van der Waals surface area contributed by atoms with Gasteiger partial charge in [-0.3, -0.25) is 9.59 Å². The summed E-state index contributed by atoms with van der Waals surface area (Å²) in [7, 11) is 1.73. The summed E-state index contributed by atoms with van der Waals surface area (Å²) in [5.41, 5.74) is 1.53. The largest absolute Gasteiger partial charge is 0.492 e. The van der Waals surface area contributed by atoms with E-state index >= 15 is 0 Å². The molecule has 0 bridgehead atoms. The number of nitrogens with zero attached hydrogens (tertiary/aromatic N) is 2. The molecule has 2 amide bonds. The molecule has 2 atom stereocenters. The second-order valence-corrected chi connectivity index (χ2v) is 8.14. The lowest BCUT2D eigenvalue weighted by Gasteiger charge is -2.25. The maximum Gasteiger partial charge on any atom is 0.230 e. The minimum atomic E-state index is -0.485. The van der Waals surface area contributed by atoms with Crippen LogP contribution in [-0.2, 0) is 9.59 Å². The zero-order valence-electron chi connectivity index (χ0n) is 18.3. The Morgan fingerprint density at radius 1 is 1.19 bits per heavy atom. The highest BCUT2D eigenvalue weighted by Gasteiger charge is 2.42. The number of likely N-dealkylation sites (tertiary alicyclic amines) is 1. The normalized spacial score (nSPS) is 18.5. The molecule has 1 N–H and O–H groups in total. The Balaban J connectivity index is 1.63. The Kier molecular flexibility index (Phi) is 7.93. The number of hydrogen-bond acceptors (Lipinski definition) is 4. The molecule has 1 fully saturated rings. The van der Waals surface area contributed by atoms with Gasteiger partial charge in [-0.15, -0.1) is 0 Å². The van der Waals surface area contributed by atoms with Gasteiger partial charge in [0.25, 0.3) is 0 Å². The first kappa shape index (κ1) is 23.1. The standard InChI is InChI=1S/C24H30ClN3O3/c1-4-28(5-2)13-14-31-20-11-9-19(10-12-20)26-24(30)21-16-22(29)27(3)23(21)17-7-6-8-18(25)15-17/h6-12,15,21,23H,4-5,13-14,16H2,1-3H3,(H,26,30). The fourth-order valence-corrected chi connectivity index (χ4v) is 4.15. The van der Waals surface area contributed by atoms with Gasteiger partial charge in [0.15, 0.2) is 0 Å². The smallest absolute Gasteiger partial charge is 0.230 e. The monoisotopic (exact) mass is 443 g/mol. The lowest BCUT2D eigenvalue weighted by Crippen LogP contribution is -2.30. The van der Waals surface area contributed by atoms with Crippen LogP contribution in [0.1, 0.15) is 31.9 Å². The van der Waals surface area contributed by atoms with Gasteiger partial charge in [0.05, 0.1) is 12.0 Å². The fraction of sp³-hybridized carbons (Fsp3) is 0.417. The van der Waals surface area contributed by atoms with Crippen molar-refractivity contribution in [1.82, 2.24) is 9.80 Å². The molecule has 1 aliphatic rings. The van der Waals surface area contributed by atoms with E-state index in [9.17, 15) is 9.59 Å². The molecular weight excluding hydrogens is 414 g/mol. The summed E-state index contributed by atoms with van der Waals surface area (Å²) in [6.45, 7) is 7.76. The van der Waals surface area contributed by atoms with Gasteiger partial charge in [-0.25, -0.2) is 0 Å². The summed E-state index contributed by atoms with van der Waals surface area (Å²) in [5.74, 6) is 0.0404. The van der Waals surface area contributed by atoms with E-state index < -0.39 is 5.92 Å². The van der Waals surface area contributed by atoms with E-state index in [1.165, 1.54) is 0 Å². The summed E-state index contributed by atoms with van der Waals surface area (Å²) in [6.07, 6.45) is 0.173. The predicted molar refractivity (Wildman–Crippen MR) is 123 cm³/mol. The molecule has 2 unspecified atom stereocenters. The molecule has 0 aromatic heterocycles. The third kappa shape index (κ3) is 5.77. The first-order valence-electron chi connectivity index (χ1n) is 10.7. The summed E-state index contributed by atoms with van der Waals surface area (Å²) < 4.78 is 5.80. The van der Waals surface area contributed by atoms with Gasteiger partial charge in [-0.05, 0) is 55.1 Å². The van der Waals surface area contributed by atoms with Crippen LogP contribution in [0.15, 0.2) is 48.5 Å². The number of likely N-dealkylation sites (N-methyl/N-ethyl adjacent to an activating group) is 1. The highest BCUT2D eigenvalue weighted by Crippen LogP contribution is 2.38. The van der Waals surface area contributed by atoms with E-state index in [0.717, 1.165) is 30.9 Å². The van der Waals surface area contributed by atoms with Gasteiger partial charge in [0.1, 0.15) is 12.4 Å². The highest BCUT2D eigenvalue weighted by molar-refractivity contribution is 6.30. The van der Waals surface area contributed by atoms with E-state index in [2.05, 4.69) is 24.1 Å². The second-order valence-electron chi connectivity index (χ2n) is 7.70. The van der Waals surface area contributed by atoms with E-state index in [0.29, 0.717) is 17.3 Å². The Morgan fingerprint density at radius 2 is 1.90 bits per heavy atom. The van der Waals surface area contributed by atoms with Crippen LogP contribution in [0, 0.1) is 5.92 Å². The number of ether oxygens (including phenoxy) is 1. The molecule has 1 aliphatic heterocycles. The number of anilines is 1. The van der Waals surface area contributed by atoms with Gasteiger partial charge in [0.2, 0.25) is 11.8 Å². The molecule has 1 heterocycles. The maximum atomic E-state index is 13.0. The second kappa shape index (κ2) is 10.6. The molecule has 2 aromatic rings. The Labute approximate surface area is 189 Å². The molecule has 3 rings (SSSR count). The molecule has 0 radical (unpaired) electrons. The Hall–Kier alpha value is -2.57. The van der Waals surface area contributed by atoms with Gasteiger partial charge in [-0.1, -0.05) is 37.6 Å². The molecule has 0 spiro atoms. The number of benzene rings is 2. The minimum Gasteiger partial charge on any atom is -0.492 e. The molecule has 31 heavy (non-hydrogen) atoms. The van der Waals surface area contributed by atoms with Crippen LogP contribution >= 0.6 is 11.6 Å². The minimum absolute atomic E-state index is 0.0536. The number of nitrogens with one attached hydrogen (secondary N) is 1. The van der Waals surface area contributed by atoms with Crippen molar-refractivity contribution in [1.29, 1.82) is 0 Å². The predicted octanol–water partition coefficient (Wildman–Crippen LogP) is 4.22. The third-order valence-electron chi connectivity index (χ3n) is 5.81. The van der Waals surface area contributed by atoms with Crippen molar-refractivity contribution in [2.45, 2.75) is 26.3 Å². The van der Waals surface area contributed by atoms with Crippen molar-refractivity contribution in [3.63, 3.8) is 0 Å². The molecule has 0 saturated carbocycles. The van der Waals surface area contributed by atoms with Gasteiger partial charge in [0, 0.05) is 30.7 Å². The number of amides is 2. The quantitative estimate of drug-likeness (QED) is 0.630. The van der Waals surface area contributed by atoms with Crippen molar-refractivity contribution in [2.24, 2.45) is 5.92 Å². The highest BCUT2D eigenvalue weighted by atomic mass is 35.5. The molecule has 2 aromatic carbocycles. The van der Waals surface area contributed by atoms with Crippen LogP contribution in [0.4, 0.5) is 5.69 Å². The first-order chi connectivity index (χ1) is 14.9. The summed E-state index contributed by atoms with van der Waals surface area (Å²) in [5, 5.41) is 3.53. The summed E-state index contributed by atoms with van der Waals surface area (Å²) in [6, 6.07) is 14.3. The SMILES string of the molecule is CCN(CC)CCOc1ccc(NC(=O)C2CC(=O)N(C)C2c2cccc(Cl)c2)cc1. The van der Waals surface area contributed by atoms with Crippen molar-refractivity contribution in [2.75, 3.05) is 38.6 Å². The molecular formula is C24H30ClN3O3. The van der Waals surface area contributed by atoms with Gasteiger partial charge < -0.3 is 19.9 Å². The van der Waals surface area contributed by atoms with E-state index in [-0.39, 0.29) is 24.3 Å². The van der Waals surface area contributed by atoms with Gasteiger partial charge in [-0.2, -0.15) is 0 Å². The average molecular weight is 444 g/mol. The number of hydrogen-bond donors (Lipinski definition) is 1. The van der Waals surface area contributed by atoms with Crippen LogP contribution in [0.2, 0.25) is 5.02 Å². The summed E-state index contributed by atoms with van der Waals surface area (Å²) in [4.78, 5) is 29.3. The number of carbonyl (C=O) groups is 2. The zero-order chi connectivity index (χ0) is 22.4. The molecule has 7 heteroatoms. The topological polar surface area (TPSA) is 61.9 Å². The fourth-order valence-electron chi connectivity index (χ4n) is 3.95. The maximum absolute atomic E-state index is 13.0. The molecule has 0 aliphatic carbocycles. The van der Waals surface area contributed by atoms with E-state index in [1.54, 1.807) is 18.0 Å². The Morgan fingerprint density at radius 3 is 2.55 bits per heavy atom.